The van der Waals surface area contributed by atoms with E-state index in [2.05, 4.69) is 52.2 Å². The highest BCUT2D eigenvalue weighted by Crippen LogP contribution is 2.16. The molecular weight excluding hydrogens is 410 g/mol. The van der Waals surface area contributed by atoms with Gasteiger partial charge in [-0.1, -0.05) is 26.8 Å². The van der Waals surface area contributed by atoms with Crippen LogP contribution in [0.4, 0.5) is 10.6 Å². The predicted octanol–water partition coefficient (Wildman–Crippen LogP) is 1.94. The normalized spacial score (nSPS) is 11.1. The molecule has 2 rings (SSSR count). The maximum atomic E-state index is 12.7. The largest absolute Gasteiger partial charge is 0.350 e. The van der Waals surface area contributed by atoms with Crippen molar-refractivity contribution in [3.05, 3.63) is 51.3 Å². The van der Waals surface area contributed by atoms with E-state index in [1.807, 2.05) is 26.0 Å². The van der Waals surface area contributed by atoms with Gasteiger partial charge in [-0.05, 0) is 44.2 Å². The Morgan fingerprint density at radius 3 is 2.47 bits per heavy atom. The summed E-state index contributed by atoms with van der Waals surface area (Å²) >= 11 is 0. The molecule has 0 radical (unpaired) electrons. The Morgan fingerprint density at radius 2 is 1.81 bits per heavy atom. The molecule has 3 amide bonds. The molecule has 0 aromatic carbocycles. The summed E-state index contributed by atoms with van der Waals surface area (Å²) in [6, 6.07) is 3.33. The predicted molar refractivity (Wildman–Crippen MR) is 123 cm³/mol. The van der Waals surface area contributed by atoms with Crippen LogP contribution >= 0.6 is 0 Å². The molecule has 32 heavy (non-hydrogen) atoms. The van der Waals surface area contributed by atoms with Gasteiger partial charge in [-0.2, -0.15) is 0 Å². The molecule has 0 saturated carbocycles. The Morgan fingerprint density at radius 1 is 1.09 bits per heavy atom. The standard InChI is InChI=1S/C22H33N7O3/c1-14-7-8-17(16(3)26-14)12-24-18(30)13-29-15(2)11-25-19(20(29)31)27-28-21(32)23-10-9-22(4,5)6/h7-8,11H,9-10,12-13H2,1-6H3,(H,24,30)(H,25,27)(H2,23,28,32). The van der Waals surface area contributed by atoms with E-state index in [1.165, 1.54) is 10.8 Å². The second kappa shape index (κ2) is 10.7. The zero-order valence-electron chi connectivity index (χ0n) is 19.6. The molecule has 2 aromatic rings. The number of nitrogens with one attached hydrogen (secondary N) is 4. The molecule has 0 aliphatic rings. The van der Waals surface area contributed by atoms with Crippen LogP contribution in [0.3, 0.4) is 0 Å². The van der Waals surface area contributed by atoms with Crippen LogP contribution in [0.1, 0.15) is 49.8 Å². The van der Waals surface area contributed by atoms with Gasteiger partial charge in [-0.15, -0.1) is 0 Å². The molecule has 2 aromatic heterocycles. The fourth-order valence-electron chi connectivity index (χ4n) is 2.86. The molecule has 0 saturated heterocycles. The van der Waals surface area contributed by atoms with E-state index in [4.69, 9.17) is 0 Å². The first-order valence-corrected chi connectivity index (χ1v) is 10.5. The minimum atomic E-state index is -0.511. The van der Waals surface area contributed by atoms with Gasteiger partial charge in [0.2, 0.25) is 11.7 Å². The maximum Gasteiger partial charge on any atom is 0.333 e. The van der Waals surface area contributed by atoms with Crippen LogP contribution < -0.4 is 27.0 Å². The molecule has 0 fully saturated rings. The quantitative estimate of drug-likeness (QED) is 0.461. The first kappa shape index (κ1) is 24.8. The smallest absolute Gasteiger partial charge is 0.333 e. The van der Waals surface area contributed by atoms with Crippen molar-refractivity contribution in [1.29, 1.82) is 0 Å². The van der Waals surface area contributed by atoms with Gasteiger partial charge in [0.1, 0.15) is 6.54 Å². The Labute approximate surface area is 188 Å². The molecular formula is C22H33N7O3. The van der Waals surface area contributed by atoms with Gasteiger partial charge in [0.25, 0.3) is 5.56 Å². The van der Waals surface area contributed by atoms with Gasteiger partial charge in [0.05, 0.1) is 0 Å². The summed E-state index contributed by atoms with van der Waals surface area (Å²) < 4.78 is 1.30. The van der Waals surface area contributed by atoms with Gasteiger partial charge in [-0.25, -0.2) is 9.78 Å². The van der Waals surface area contributed by atoms with E-state index < -0.39 is 11.6 Å². The molecule has 2 heterocycles. The number of amides is 3. The van der Waals surface area contributed by atoms with Gasteiger partial charge in [-0.3, -0.25) is 30.0 Å². The topological polar surface area (TPSA) is 130 Å². The summed E-state index contributed by atoms with van der Waals surface area (Å²) in [7, 11) is 0. The molecule has 174 valence electrons. The van der Waals surface area contributed by atoms with Crippen LogP contribution in [0.5, 0.6) is 0 Å². The molecule has 0 aliphatic carbocycles. The summed E-state index contributed by atoms with van der Waals surface area (Å²) in [6.07, 6.45) is 2.27. The number of nitrogens with zero attached hydrogens (tertiary/aromatic N) is 3. The summed E-state index contributed by atoms with van der Waals surface area (Å²) in [5.74, 6) is -0.395. The van der Waals surface area contributed by atoms with Crippen molar-refractivity contribution >= 4 is 17.8 Å². The third-order valence-corrected chi connectivity index (χ3v) is 4.82. The van der Waals surface area contributed by atoms with Crippen LogP contribution in [0.15, 0.2) is 23.1 Å². The first-order chi connectivity index (χ1) is 15.0. The van der Waals surface area contributed by atoms with Crippen molar-refractivity contribution in [3.8, 4) is 0 Å². The minimum absolute atomic E-state index is 0.0760. The van der Waals surface area contributed by atoms with Crippen molar-refractivity contribution in [1.82, 2.24) is 30.6 Å². The highest BCUT2D eigenvalue weighted by Gasteiger charge is 2.14. The molecule has 0 atom stereocenters. The van der Waals surface area contributed by atoms with Crippen LogP contribution in [-0.2, 0) is 17.9 Å². The van der Waals surface area contributed by atoms with E-state index >= 15 is 0 Å². The van der Waals surface area contributed by atoms with Crippen molar-refractivity contribution < 1.29 is 9.59 Å². The number of aromatic nitrogens is 3. The summed E-state index contributed by atoms with van der Waals surface area (Å²) in [5.41, 5.74) is 7.71. The zero-order valence-corrected chi connectivity index (χ0v) is 19.6. The van der Waals surface area contributed by atoms with Crippen LogP contribution in [0.2, 0.25) is 0 Å². The van der Waals surface area contributed by atoms with E-state index in [1.54, 1.807) is 6.92 Å². The van der Waals surface area contributed by atoms with Crippen LogP contribution in [0.25, 0.3) is 0 Å². The van der Waals surface area contributed by atoms with Crippen molar-refractivity contribution in [2.45, 2.75) is 61.1 Å². The highest BCUT2D eigenvalue weighted by molar-refractivity contribution is 5.76. The lowest BCUT2D eigenvalue weighted by atomic mass is 9.92. The minimum Gasteiger partial charge on any atom is -0.350 e. The van der Waals surface area contributed by atoms with Crippen molar-refractivity contribution in [3.63, 3.8) is 0 Å². The third-order valence-electron chi connectivity index (χ3n) is 4.82. The number of carbonyl (C=O) groups is 2. The van der Waals surface area contributed by atoms with E-state index in [9.17, 15) is 14.4 Å². The van der Waals surface area contributed by atoms with Crippen molar-refractivity contribution in [2.75, 3.05) is 12.0 Å². The molecule has 0 aliphatic heterocycles. The molecule has 0 bridgehead atoms. The number of aryl methyl sites for hydroxylation is 3. The number of hydrogen-bond donors (Lipinski definition) is 4. The second-order valence-electron chi connectivity index (χ2n) is 8.93. The average Bonchev–Trinajstić information content (AvgIpc) is 2.69. The molecule has 4 N–H and O–H groups in total. The lowest BCUT2D eigenvalue weighted by Crippen LogP contribution is -2.42. The van der Waals surface area contributed by atoms with Gasteiger partial charge in [0.15, 0.2) is 0 Å². The number of hydrazine groups is 1. The van der Waals surface area contributed by atoms with Gasteiger partial charge < -0.3 is 10.6 Å². The SMILES string of the molecule is Cc1ccc(CNC(=O)Cn2c(C)cnc(NNC(=O)NCCC(C)(C)C)c2=O)c(C)n1. The van der Waals surface area contributed by atoms with E-state index in [0.717, 1.165) is 23.4 Å². The number of rotatable bonds is 8. The number of anilines is 1. The number of hydrogen-bond acceptors (Lipinski definition) is 6. The van der Waals surface area contributed by atoms with E-state index in [0.29, 0.717) is 18.8 Å². The molecule has 0 unspecified atom stereocenters. The third kappa shape index (κ3) is 7.68. The monoisotopic (exact) mass is 443 g/mol. The Bertz CT molecular complexity index is 1030. The first-order valence-electron chi connectivity index (χ1n) is 10.5. The number of urea groups is 1. The Balaban J connectivity index is 1.95. The summed E-state index contributed by atoms with van der Waals surface area (Å²) in [6.45, 7) is 12.4. The number of pyridine rings is 1. The lowest BCUT2D eigenvalue weighted by molar-refractivity contribution is -0.121. The highest BCUT2D eigenvalue weighted by atomic mass is 16.2. The molecule has 0 spiro atoms. The van der Waals surface area contributed by atoms with Crippen molar-refractivity contribution in [2.24, 2.45) is 5.41 Å². The van der Waals surface area contributed by atoms with Gasteiger partial charge in [0, 0.05) is 36.4 Å². The van der Waals surface area contributed by atoms with Crippen LogP contribution in [0, 0.1) is 26.2 Å². The summed E-state index contributed by atoms with van der Waals surface area (Å²) in [5, 5.41) is 5.52. The maximum absolute atomic E-state index is 12.7. The average molecular weight is 444 g/mol. The molecule has 10 heteroatoms. The second-order valence-corrected chi connectivity index (χ2v) is 8.93. The zero-order chi connectivity index (χ0) is 23.9. The van der Waals surface area contributed by atoms with Gasteiger partial charge >= 0.3 is 6.03 Å². The number of carbonyl (C=O) groups excluding carboxylic acids is 2. The summed E-state index contributed by atoms with van der Waals surface area (Å²) in [4.78, 5) is 45.5. The Kier molecular flexibility index (Phi) is 8.34. The lowest BCUT2D eigenvalue weighted by Gasteiger charge is -2.18. The van der Waals surface area contributed by atoms with E-state index in [-0.39, 0.29) is 23.7 Å². The molecule has 10 nitrogen and oxygen atoms in total. The fraction of sp³-hybridized carbons (Fsp3) is 0.500. The van der Waals surface area contributed by atoms with Crippen LogP contribution in [-0.4, -0.2) is 33.0 Å². The fourth-order valence-corrected chi connectivity index (χ4v) is 2.86. The Hall–Kier alpha value is -3.43.